The lowest BCUT2D eigenvalue weighted by molar-refractivity contribution is -0.130. The molecular weight excluding hydrogens is 346 g/mol. The molecule has 2 heterocycles. The van der Waals surface area contributed by atoms with E-state index in [0.717, 1.165) is 16.0 Å². The Hall–Kier alpha value is -3.15. The van der Waals surface area contributed by atoms with Gasteiger partial charge in [-0.3, -0.25) is 4.79 Å². The van der Waals surface area contributed by atoms with Crippen LogP contribution in [0, 0.1) is 5.92 Å². The van der Waals surface area contributed by atoms with Gasteiger partial charge in [0, 0.05) is 23.5 Å². The molecule has 0 aliphatic carbocycles. The molecule has 138 valence electrons. The summed E-state index contributed by atoms with van der Waals surface area (Å²) < 4.78 is 10.8. The average Bonchev–Trinajstić information content (AvgIpc) is 3.25. The quantitative estimate of drug-likeness (QED) is 0.779. The Morgan fingerprint density at radius 2 is 1.81 bits per heavy atom. The van der Waals surface area contributed by atoms with E-state index in [-0.39, 0.29) is 31.4 Å². The fourth-order valence-electron chi connectivity index (χ4n) is 3.93. The summed E-state index contributed by atoms with van der Waals surface area (Å²) in [5.74, 6) is -1.12. The molecule has 2 aromatic rings. The van der Waals surface area contributed by atoms with Gasteiger partial charge in [-0.2, -0.15) is 0 Å². The molecule has 2 aliphatic rings. The highest BCUT2D eigenvalue weighted by molar-refractivity contribution is 5.96. The van der Waals surface area contributed by atoms with E-state index in [1.807, 2.05) is 49.4 Å². The van der Waals surface area contributed by atoms with Gasteiger partial charge in [0.2, 0.25) is 5.91 Å². The molecule has 2 amide bonds. The van der Waals surface area contributed by atoms with Gasteiger partial charge in [-0.25, -0.2) is 14.5 Å². The topological polar surface area (TPSA) is 72.9 Å². The lowest BCUT2D eigenvalue weighted by atomic mass is 9.75. The molecule has 6 nitrogen and oxygen atoms in total. The highest BCUT2D eigenvalue weighted by Gasteiger charge is 2.51. The summed E-state index contributed by atoms with van der Waals surface area (Å²) >= 11 is 0. The number of hydrogen-bond acceptors (Lipinski definition) is 5. The first kappa shape index (κ1) is 17.3. The van der Waals surface area contributed by atoms with Gasteiger partial charge in [0.1, 0.15) is 6.61 Å². The van der Waals surface area contributed by atoms with Crippen LogP contribution in [0.1, 0.15) is 34.8 Å². The second-order valence-corrected chi connectivity index (χ2v) is 6.80. The van der Waals surface area contributed by atoms with E-state index in [0.29, 0.717) is 5.56 Å². The standard InChI is InChI=1S/C21H19NO5/c1-14(13-18(23)22-11-12-26-20(22)25)21(15-7-3-2-4-8-15)17-10-6-5-9-16(17)19(24)27-21/h2-10,14H,11-13H2,1H3/t14-,21-/m1/s1. The normalized spacial score (nSPS) is 22.2. The zero-order chi connectivity index (χ0) is 19.0. The van der Waals surface area contributed by atoms with Crippen molar-refractivity contribution in [2.24, 2.45) is 5.92 Å². The first-order valence-electron chi connectivity index (χ1n) is 8.89. The molecule has 0 unspecified atom stereocenters. The summed E-state index contributed by atoms with van der Waals surface area (Å²) in [5, 5.41) is 0. The molecule has 1 fully saturated rings. The van der Waals surface area contributed by atoms with Crippen molar-refractivity contribution >= 4 is 18.0 Å². The van der Waals surface area contributed by atoms with E-state index in [9.17, 15) is 14.4 Å². The van der Waals surface area contributed by atoms with E-state index in [2.05, 4.69) is 0 Å². The molecular formula is C21H19NO5. The van der Waals surface area contributed by atoms with Crippen molar-refractivity contribution < 1.29 is 23.9 Å². The maximum Gasteiger partial charge on any atom is 0.416 e. The zero-order valence-electron chi connectivity index (χ0n) is 14.9. The highest BCUT2D eigenvalue weighted by Crippen LogP contribution is 2.48. The van der Waals surface area contributed by atoms with Crippen LogP contribution in [0.25, 0.3) is 0 Å². The van der Waals surface area contributed by atoms with Crippen molar-refractivity contribution in [3.05, 3.63) is 71.3 Å². The third-order valence-corrected chi connectivity index (χ3v) is 5.24. The molecule has 2 aliphatic heterocycles. The Balaban J connectivity index is 1.75. The lowest BCUT2D eigenvalue weighted by Gasteiger charge is -2.35. The maximum atomic E-state index is 12.7. The highest BCUT2D eigenvalue weighted by atomic mass is 16.6. The third-order valence-electron chi connectivity index (χ3n) is 5.24. The number of cyclic esters (lactones) is 2. The van der Waals surface area contributed by atoms with Gasteiger partial charge in [-0.1, -0.05) is 55.5 Å². The molecule has 0 radical (unpaired) electrons. The average molecular weight is 365 g/mol. The van der Waals surface area contributed by atoms with Crippen LogP contribution >= 0.6 is 0 Å². The fraction of sp³-hybridized carbons (Fsp3) is 0.286. The number of nitrogens with zero attached hydrogens (tertiary/aromatic N) is 1. The number of fused-ring (bicyclic) bond motifs is 1. The van der Waals surface area contributed by atoms with Crippen molar-refractivity contribution in [3.8, 4) is 0 Å². The number of carbonyl (C=O) groups excluding carboxylic acids is 3. The monoisotopic (exact) mass is 365 g/mol. The van der Waals surface area contributed by atoms with Crippen molar-refractivity contribution in [2.45, 2.75) is 18.9 Å². The summed E-state index contributed by atoms with van der Waals surface area (Å²) in [6.45, 7) is 2.32. The van der Waals surface area contributed by atoms with Gasteiger partial charge in [0.15, 0.2) is 5.60 Å². The van der Waals surface area contributed by atoms with Gasteiger partial charge >= 0.3 is 12.1 Å². The number of ether oxygens (including phenoxy) is 2. The number of carbonyl (C=O) groups is 3. The Bertz CT molecular complexity index is 910. The number of benzene rings is 2. The summed E-state index contributed by atoms with van der Waals surface area (Å²) in [4.78, 5) is 38.1. The van der Waals surface area contributed by atoms with Crippen molar-refractivity contribution in [2.75, 3.05) is 13.2 Å². The zero-order valence-corrected chi connectivity index (χ0v) is 14.9. The van der Waals surface area contributed by atoms with E-state index < -0.39 is 17.7 Å². The Morgan fingerprint density at radius 1 is 1.11 bits per heavy atom. The van der Waals surface area contributed by atoms with Crippen LogP contribution in [0.3, 0.4) is 0 Å². The predicted molar refractivity (Wildman–Crippen MR) is 95.9 cm³/mol. The van der Waals surface area contributed by atoms with E-state index in [4.69, 9.17) is 9.47 Å². The summed E-state index contributed by atoms with van der Waals surface area (Å²) in [5.41, 5.74) is 0.966. The summed E-state index contributed by atoms with van der Waals surface area (Å²) in [7, 11) is 0. The fourth-order valence-corrected chi connectivity index (χ4v) is 3.93. The van der Waals surface area contributed by atoms with E-state index in [1.54, 1.807) is 12.1 Å². The molecule has 6 heteroatoms. The number of imide groups is 1. The predicted octanol–water partition coefficient (Wildman–Crippen LogP) is 3.11. The molecule has 0 spiro atoms. The first-order valence-corrected chi connectivity index (χ1v) is 8.89. The molecule has 0 aromatic heterocycles. The number of hydrogen-bond donors (Lipinski definition) is 0. The number of rotatable bonds is 4. The molecule has 2 atom stereocenters. The largest absolute Gasteiger partial charge is 0.447 e. The van der Waals surface area contributed by atoms with Crippen molar-refractivity contribution in [3.63, 3.8) is 0 Å². The van der Waals surface area contributed by atoms with Crippen LogP contribution in [0.2, 0.25) is 0 Å². The van der Waals surface area contributed by atoms with Crippen molar-refractivity contribution in [1.82, 2.24) is 4.90 Å². The second-order valence-electron chi connectivity index (χ2n) is 6.80. The minimum Gasteiger partial charge on any atom is -0.447 e. The maximum absolute atomic E-state index is 12.7. The molecule has 1 saturated heterocycles. The van der Waals surface area contributed by atoms with Gasteiger partial charge in [0.05, 0.1) is 12.1 Å². The SMILES string of the molecule is C[C@H](CC(=O)N1CCOC1=O)[C@]1(c2ccccc2)OC(=O)c2ccccc21. The van der Waals surface area contributed by atoms with E-state index >= 15 is 0 Å². The number of amides is 2. The summed E-state index contributed by atoms with van der Waals surface area (Å²) in [6, 6.07) is 16.6. The Labute approximate surface area is 156 Å². The lowest BCUT2D eigenvalue weighted by Crippen LogP contribution is -2.40. The first-order chi connectivity index (χ1) is 13.0. The van der Waals surface area contributed by atoms with Gasteiger partial charge < -0.3 is 9.47 Å². The molecule has 0 saturated carbocycles. The minimum absolute atomic E-state index is 0.0472. The summed E-state index contributed by atoms with van der Waals surface area (Å²) in [6.07, 6.45) is -0.573. The van der Waals surface area contributed by atoms with Crippen LogP contribution in [0.15, 0.2) is 54.6 Å². The van der Waals surface area contributed by atoms with E-state index in [1.165, 1.54) is 0 Å². The molecule has 0 N–H and O–H groups in total. The van der Waals surface area contributed by atoms with Crippen LogP contribution in [-0.2, 0) is 19.9 Å². The molecule has 4 rings (SSSR count). The second kappa shape index (κ2) is 6.54. The number of esters is 1. The van der Waals surface area contributed by atoms with Gasteiger partial charge in [-0.05, 0) is 6.07 Å². The molecule has 0 bridgehead atoms. The van der Waals surface area contributed by atoms with Crippen LogP contribution in [0.5, 0.6) is 0 Å². The minimum atomic E-state index is -1.08. The van der Waals surface area contributed by atoms with Gasteiger partial charge in [0.25, 0.3) is 0 Å². The third kappa shape index (κ3) is 2.68. The van der Waals surface area contributed by atoms with Crippen molar-refractivity contribution in [1.29, 1.82) is 0 Å². The molecule has 27 heavy (non-hydrogen) atoms. The molecule has 2 aromatic carbocycles. The van der Waals surface area contributed by atoms with Crippen LogP contribution in [-0.4, -0.2) is 36.0 Å². The van der Waals surface area contributed by atoms with Crippen LogP contribution < -0.4 is 0 Å². The van der Waals surface area contributed by atoms with Gasteiger partial charge in [-0.15, -0.1) is 0 Å². The smallest absolute Gasteiger partial charge is 0.416 e. The van der Waals surface area contributed by atoms with Crippen LogP contribution in [0.4, 0.5) is 4.79 Å². The Morgan fingerprint density at radius 3 is 2.52 bits per heavy atom. The Kier molecular flexibility index (Phi) is 4.18.